The maximum absolute atomic E-state index is 12.7. The minimum absolute atomic E-state index is 0.0841. The van der Waals surface area contributed by atoms with Gasteiger partial charge in [-0.05, 0) is 55.2 Å². The molecule has 1 N–H and O–H groups in total. The molecule has 2 aromatic carbocycles. The lowest BCUT2D eigenvalue weighted by molar-refractivity contribution is 0.0755. The average Bonchev–Trinajstić information content (AvgIpc) is 2.67. The summed E-state index contributed by atoms with van der Waals surface area (Å²) in [6, 6.07) is 13.5. The summed E-state index contributed by atoms with van der Waals surface area (Å²) in [5.74, 6) is -0.136. The molecule has 0 aromatic heterocycles. The number of nitrogens with one attached hydrogen (secondary N) is 1. The van der Waals surface area contributed by atoms with Gasteiger partial charge in [0.25, 0.3) is 15.9 Å². The first-order chi connectivity index (χ1) is 12.9. The molecule has 5 nitrogen and oxygen atoms in total. The van der Waals surface area contributed by atoms with Crippen LogP contribution in [-0.4, -0.2) is 32.3 Å². The Morgan fingerprint density at radius 2 is 1.59 bits per heavy atom. The van der Waals surface area contributed by atoms with Crippen molar-refractivity contribution in [3.8, 4) is 0 Å². The molecule has 27 heavy (non-hydrogen) atoms. The number of hydrogen-bond acceptors (Lipinski definition) is 3. The van der Waals surface area contributed by atoms with E-state index in [2.05, 4.69) is 4.72 Å². The van der Waals surface area contributed by atoms with Crippen LogP contribution in [0, 0.1) is 0 Å². The molecule has 0 saturated carbocycles. The lowest BCUT2D eigenvalue weighted by atomic mass is 10.2. The Kier molecular flexibility index (Phi) is 7.42. The third kappa shape index (κ3) is 5.57. The monoisotopic (exact) mass is 388 g/mol. The van der Waals surface area contributed by atoms with Crippen molar-refractivity contribution in [3.05, 3.63) is 59.7 Å². The number of carbonyl (C=O) groups excluding carboxylic acids is 1. The molecule has 2 rings (SSSR count). The lowest BCUT2D eigenvalue weighted by Crippen LogP contribution is -2.32. The van der Waals surface area contributed by atoms with Crippen molar-refractivity contribution in [2.75, 3.05) is 17.8 Å². The molecule has 2 aromatic rings. The predicted molar refractivity (Wildman–Crippen MR) is 110 cm³/mol. The highest BCUT2D eigenvalue weighted by molar-refractivity contribution is 7.92. The number of anilines is 1. The third-order valence-electron chi connectivity index (χ3n) is 4.28. The molecule has 1 amide bonds. The second-order valence-electron chi connectivity index (χ2n) is 6.48. The van der Waals surface area contributed by atoms with Crippen molar-refractivity contribution >= 4 is 21.6 Å². The largest absolute Gasteiger partial charge is 0.339 e. The van der Waals surface area contributed by atoms with Gasteiger partial charge in [-0.15, -0.1) is 0 Å². The summed E-state index contributed by atoms with van der Waals surface area (Å²) in [6.45, 7) is 7.40. The molecule has 146 valence electrons. The molecule has 0 saturated heterocycles. The fourth-order valence-corrected chi connectivity index (χ4v) is 3.96. The van der Waals surface area contributed by atoms with Crippen LogP contribution in [0.25, 0.3) is 0 Å². The molecule has 0 fully saturated rings. The number of hydrogen-bond donors (Lipinski definition) is 1. The number of benzene rings is 2. The van der Waals surface area contributed by atoms with E-state index in [1.807, 2.05) is 32.9 Å². The zero-order valence-electron chi connectivity index (χ0n) is 16.2. The van der Waals surface area contributed by atoms with Crippen LogP contribution in [0.5, 0.6) is 0 Å². The minimum atomic E-state index is -3.76. The fourth-order valence-electron chi connectivity index (χ4n) is 2.86. The van der Waals surface area contributed by atoms with Gasteiger partial charge in [0, 0.05) is 24.3 Å². The molecular weight excluding hydrogens is 360 g/mol. The van der Waals surface area contributed by atoms with Crippen molar-refractivity contribution in [3.63, 3.8) is 0 Å². The summed E-state index contributed by atoms with van der Waals surface area (Å²) in [5.41, 5.74) is 2.03. The van der Waals surface area contributed by atoms with E-state index in [0.29, 0.717) is 24.3 Å². The Morgan fingerprint density at radius 3 is 2.15 bits per heavy atom. The summed E-state index contributed by atoms with van der Waals surface area (Å²) in [7, 11) is -3.76. The number of aryl methyl sites for hydroxylation is 1. The molecular formula is C21H28N2O3S. The molecule has 6 heteroatoms. The molecule has 0 aliphatic rings. The molecule has 0 aliphatic heterocycles. The van der Waals surface area contributed by atoms with Crippen LogP contribution in [0.2, 0.25) is 0 Å². The highest BCUT2D eigenvalue weighted by Crippen LogP contribution is 2.19. The maximum atomic E-state index is 12.7. The van der Waals surface area contributed by atoms with Gasteiger partial charge >= 0.3 is 0 Å². The molecule has 0 radical (unpaired) electrons. The summed E-state index contributed by atoms with van der Waals surface area (Å²) >= 11 is 0. The van der Waals surface area contributed by atoms with E-state index in [1.54, 1.807) is 29.2 Å². The second-order valence-corrected chi connectivity index (χ2v) is 8.16. The van der Waals surface area contributed by atoms with Gasteiger partial charge in [-0.1, -0.05) is 39.0 Å². The average molecular weight is 389 g/mol. The number of sulfonamides is 1. The molecule has 0 bridgehead atoms. The van der Waals surface area contributed by atoms with Gasteiger partial charge in [-0.3, -0.25) is 9.52 Å². The Morgan fingerprint density at radius 1 is 0.963 bits per heavy atom. The first-order valence-electron chi connectivity index (χ1n) is 9.42. The van der Waals surface area contributed by atoms with Gasteiger partial charge in [-0.2, -0.15) is 0 Å². The second kappa shape index (κ2) is 9.55. The molecule has 0 heterocycles. The maximum Gasteiger partial charge on any atom is 0.261 e. The minimum Gasteiger partial charge on any atom is -0.339 e. The first-order valence-corrected chi connectivity index (χ1v) is 10.9. The fraction of sp³-hybridized carbons (Fsp3) is 0.381. The number of nitrogens with zero attached hydrogens (tertiary/aromatic N) is 1. The van der Waals surface area contributed by atoms with E-state index in [1.165, 1.54) is 12.1 Å². The van der Waals surface area contributed by atoms with Crippen molar-refractivity contribution in [2.24, 2.45) is 0 Å². The first kappa shape index (κ1) is 21.0. The van der Waals surface area contributed by atoms with Gasteiger partial charge in [0.05, 0.1) is 4.90 Å². The summed E-state index contributed by atoms with van der Waals surface area (Å²) in [6.07, 6.45) is 2.61. The van der Waals surface area contributed by atoms with Crippen molar-refractivity contribution < 1.29 is 13.2 Å². The van der Waals surface area contributed by atoms with E-state index in [9.17, 15) is 13.2 Å². The van der Waals surface area contributed by atoms with Crippen molar-refractivity contribution in [1.29, 1.82) is 0 Å². The normalized spacial score (nSPS) is 11.2. The number of amides is 1. The predicted octanol–water partition coefficient (Wildman–Crippen LogP) is 4.31. The lowest BCUT2D eigenvalue weighted by Gasteiger charge is -2.21. The summed E-state index contributed by atoms with van der Waals surface area (Å²) in [4.78, 5) is 14.6. The van der Waals surface area contributed by atoms with Crippen LogP contribution in [0.15, 0.2) is 53.4 Å². The van der Waals surface area contributed by atoms with Crippen LogP contribution in [0.3, 0.4) is 0 Å². The van der Waals surface area contributed by atoms with E-state index in [0.717, 1.165) is 24.8 Å². The standard InChI is InChI=1S/C21H28N2O3S/c1-4-14-23(15-5-2)21(24)18-8-7-9-20(16-18)27(25,26)22-19-12-10-17(6-3)11-13-19/h7-13,16,22H,4-6,14-15H2,1-3H3. The molecule has 0 unspecified atom stereocenters. The Labute approximate surface area is 162 Å². The quantitative estimate of drug-likeness (QED) is 0.696. The van der Waals surface area contributed by atoms with Gasteiger partial charge in [0.1, 0.15) is 0 Å². The molecule has 0 spiro atoms. The van der Waals surface area contributed by atoms with E-state index < -0.39 is 10.0 Å². The molecule has 0 aliphatic carbocycles. The smallest absolute Gasteiger partial charge is 0.261 e. The van der Waals surface area contributed by atoms with Crippen LogP contribution < -0.4 is 4.72 Å². The van der Waals surface area contributed by atoms with Crippen LogP contribution >= 0.6 is 0 Å². The zero-order chi connectivity index (χ0) is 19.9. The van der Waals surface area contributed by atoms with Crippen LogP contribution in [0.4, 0.5) is 5.69 Å². The highest BCUT2D eigenvalue weighted by Gasteiger charge is 2.19. The van der Waals surface area contributed by atoms with Crippen molar-refractivity contribution in [2.45, 2.75) is 44.9 Å². The third-order valence-corrected chi connectivity index (χ3v) is 5.66. The van der Waals surface area contributed by atoms with Gasteiger partial charge in [0.15, 0.2) is 0 Å². The number of rotatable bonds is 9. The topological polar surface area (TPSA) is 66.5 Å². The number of carbonyl (C=O) groups is 1. The van der Waals surface area contributed by atoms with Gasteiger partial charge in [0.2, 0.25) is 0 Å². The van der Waals surface area contributed by atoms with Crippen LogP contribution in [0.1, 0.15) is 49.5 Å². The SMILES string of the molecule is CCCN(CCC)C(=O)c1cccc(S(=O)(=O)Nc2ccc(CC)cc2)c1. The zero-order valence-corrected chi connectivity index (χ0v) is 17.1. The van der Waals surface area contributed by atoms with Crippen LogP contribution in [-0.2, 0) is 16.4 Å². The van der Waals surface area contributed by atoms with Gasteiger partial charge in [-0.25, -0.2) is 8.42 Å². The van der Waals surface area contributed by atoms with Crippen molar-refractivity contribution in [1.82, 2.24) is 4.90 Å². The Bertz CT molecular complexity index is 855. The Hall–Kier alpha value is -2.34. The summed E-state index contributed by atoms with van der Waals surface area (Å²) < 4.78 is 28.0. The van der Waals surface area contributed by atoms with E-state index in [4.69, 9.17) is 0 Å². The molecule has 0 atom stereocenters. The van der Waals surface area contributed by atoms with Gasteiger partial charge < -0.3 is 4.90 Å². The van der Waals surface area contributed by atoms with E-state index >= 15 is 0 Å². The van der Waals surface area contributed by atoms with E-state index in [-0.39, 0.29) is 10.8 Å². The summed E-state index contributed by atoms with van der Waals surface area (Å²) in [5, 5.41) is 0. The highest BCUT2D eigenvalue weighted by atomic mass is 32.2. The Balaban J connectivity index is 2.24.